The number of nitrogens with zero attached hydrogens (tertiary/aromatic N) is 1. The van der Waals surface area contributed by atoms with E-state index in [2.05, 4.69) is 6.58 Å². The van der Waals surface area contributed by atoms with Crippen molar-refractivity contribution in [3.63, 3.8) is 0 Å². The largest absolute Gasteiger partial charge is 0.467 e. The van der Waals surface area contributed by atoms with Gasteiger partial charge in [0.2, 0.25) is 5.91 Å². The Labute approximate surface area is 198 Å². The third kappa shape index (κ3) is 4.60. The minimum absolute atomic E-state index is 0.0632. The van der Waals surface area contributed by atoms with Crippen molar-refractivity contribution in [2.75, 3.05) is 13.7 Å². The quantitative estimate of drug-likeness (QED) is 0.343. The van der Waals surface area contributed by atoms with Gasteiger partial charge in [0, 0.05) is 6.61 Å². The van der Waals surface area contributed by atoms with Crippen LogP contribution >= 0.6 is 0 Å². The minimum Gasteiger partial charge on any atom is -0.467 e. The third-order valence-corrected chi connectivity index (χ3v) is 6.16. The van der Waals surface area contributed by atoms with Crippen molar-refractivity contribution in [3.8, 4) is 0 Å². The molecule has 1 saturated heterocycles. The molecule has 8 nitrogen and oxygen atoms in total. The van der Waals surface area contributed by atoms with Crippen LogP contribution in [0.25, 0.3) is 0 Å². The van der Waals surface area contributed by atoms with E-state index in [1.807, 2.05) is 36.4 Å². The first-order valence-electron chi connectivity index (χ1n) is 10.9. The van der Waals surface area contributed by atoms with Gasteiger partial charge in [0.25, 0.3) is 0 Å². The van der Waals surface area contributed by atoms with Crippen molar-refractivity contribution in [1.82, 2.24) is 4.90 Å². The van der Waals surface area contributed by atoms with E-state index in [1.54, 1.807) is 24.3 Å². The van der Waals surface area contributed by atoms with Crippen molar-refractivity contribution in [1.29, 1.82) is 0 Å². The van der Waals surface area contributed by atoms with E-state index in [0.29, 0.717) is 17.1 Å². The van der Waals surface area contributed by atoms with Crippen LogP contribution in [0.4, 0.5) is 4.79 Å². The molecule has 1 aliphatic heterocycles. The molecule has 8 heteroatoms. The van der Waals surface area contributed by atoms with Gasteiger partial charge in [-0.05, 0) is 24.5 Å². The molecule has 1 N–H and O–H groups in total. The molecular formula is C26H29NO7. The number of aliphatic hydroxyl groups is 1. The summed E-state index contributed by atoms with van der Waals surface area (Å²) >= 11 is 0. The molecule has 0 unspecified atom stereocenters. The lowest BCUT2D eigenvalue weighted by atomic mass is 9.75. The molecular weight excluding hydrogens is 438 g/mol. The highest BCUT2D eigenvalue weighted by Crippen LogP contribution is 2.46. The normalized spacial score (nSPS) is 24.0. The lowest BCUT2D eigenvalue weighted by Crippen LogP contribution is -2.63. The van der Waals surface area contributed by atoms with E-state index in [-0.39, 0.29) is 19.6 Å². The molecule has 3 rings (SSSR count). The van der Waals surface area contributed by atoms with E-state index in [1.165, 1.54) is 6.92 Å². The van der Waals surface area contributed by atoms with Crippen LogP contribution in [0.15, 0.2) is 73.3 Å². The molecule has 1 fully saturated rings. The smallest absolute Gasteiger partial charge is 0.418 e. The molecule has 0 bridgehead atoms. The summed E-state index contributed by atoms with van der Waals surface area (Å²) in [4.78, 5) is 40.0. The van der Waals surface area contributed by atoms with Crippen LogP contribution in [0, 0.1) is 5.92 Å². The van der Waals surface area contributed by atoms with E-state index >= 15 is 0 Å². The van der Waals surface area contributed by atoms with Crippen LogP contribution in [0.2, 0.25) is 0 Å². The van der Waals surface area contributed by atoms with Gasteiger partial charge in [-0.2, -0.15) is 0 Å². The molecule has 0 spiro atoms. The van der Waals surface area contributed by atoms with Crippen LogP contribution in [0.1, 0.15) is 24.5 Å². The summed E-state index contributed by atoms with van der Waals surface area (Å²) in [5.41, 5.74) is -2.52. The number of hydrogen-bond donors (Lipinski definition) is 1. The number of imide groups is 1. The van der Waals surface area contributed by atoms with Gasteiger partial charge in [-0.1, -0.05) is 66.7 Å². The highest BCUT2D eigenvalue weighted by Gasteiger charge is 2.71. The van der Waals surface area contributed by atoms with Gasteiger partial charge in [0.05, 0.1) is 19.6 Å². The Morgan fingerprint density at radius 1 is 1.06 bits per heavy atom. The number of amides is 2. The SMILES string of the molecule is C=C[C@@]1(C(=O)OC)N(C(=O)OCc2ccccc2)C(=O)[C@H](CCOCc2ccccc2)[C@]1(C)O. The Morgan fingerprint density at radius 3 is 2.15 bits per heavy atom. The highest BCUT2D eigenvalue weighted by molar-refractivity contribution is 6.06. The van der Waals surface area contributed by atoms with Crippen molar-refractivity contribution < 1.29 is 33.7 Å². The molecule has 1 heterocycles. The fraction of sp³-hybridized carbons (Fsp3) is 0.346. The molecule has 0 aromatic heterocycles. The van der Waals surface area contributed by atoms with Gasteiger partial charge in [0.15, 0.2) is 5.54 Å². The Balaban J connectivity index is 1.81. The van der Waals surface area contributed by atoms with Crippen molar-refractivity contribution >= 4 is 18.0 Å². The Kier molecular flexibility index (Phi) is 7.86. The number of rotatable bonds is 9. The van der Waals surface area contributed by atoms with Gasteiger partial charge in [-0.3, -0.25) is 4.79 Å². The fourth-order valence-corrected chi connectivity index (χ4v) is 4.28. The number of esters is 1. The zero-order valence-electron chi connectivity index (χ0n) is 19.3. The molecule has 3 atom stereocenters. The number of likely N-dealkylation sites (tertiary alicyclic amines) is 1. The van der Waals surface area contributed by atoms with Crippen LogP contribution in [-0.4, -0.2) is 52.8 Å². The number of ether oxygens (including phenoxy) is 3. The summed E-state index contributed by atoms with van der Waals surface area (Å²) in [6, 6.07) is 18.4. The summed E-state index contributed by atoms with van der Waals surface area (Å²) in [6.45, 7) is 5.27. The maximum absolute atomic E-state index is 13.4. The lowest BCUT2D eigenvalue weighted by molar-refractivity contribution is -0.162. The number of hydrogen-bond acceptors (Lipinski definition) is 7. The van der Waals surface area contributed by atoms with Crippen LogP contribution < -0.4 is 0 Å². The molecule has 34 heavy (non-hydrogen) atoms. The molecule has 1 aliphatic rings. The monoisotopic (exact) mass is 467 g/mol. The predicted octanol–water partition coefficient (Wildman–Crippen LogP) is 3.24. The zero-order valence-corrected chi connectivity index (χ0v) is 19.3. The summed E-state index contributed by atoms with van der Waals surface area (Å²) in [7, 11) is 1.11. The maximum atomic E-state index is 13.4. The Morgan fingerprint density at radius 2 is 1.62 bits per heavy atom. The number of carbonyl (C=O) groups excluding carboxylic acids is 3. The number of methoxy groups -OCH3 is 1. The van der Waals surface area contributed by atoms with Crippen molar-refractivity contribution in [2.24, 2.45) is 5.92 Å². The van der Waals surface area contributed by atoms with Crippen molar-refractivity contribution in [3.05, 3.63) is 84.4 Å². The van der Waals surface area contributed by atoms with E-state index < -0.39 is 35.0 Å². The Bertz CT molecular complexity index is 1020. The maximum Gasteiger partial charge on any atom is 0.418 e. The molecule has 180 valence electrons. The van der Waals surface area contributed by atoms with Gasteiger partial charge in [-0.15, -0.1) is 6.58 Å². The number of benzene rings is 2. The molecule has 0 aliphatic carbocycles. The van der Waals surface area contributed by atoms with Gasteiger partial charge >= 0.3 is 12.1 Å². The summed E-state index contributed by atoms with van der Waals surface area (Å²) in [6.07, 6.45) is 0.0473. The fourth-order valence-electron chi connectivity index (χ4n) is 4.28. The van der Waals surface area contributed by atoms with Crippen LogP contribution in [0.3, 0.4) is 0 Å². The first-order valence-corrected chi connectivity index (χ1v) is 10.9. The molecule has 0 saturated carbocycles. The second-order valence-electron chi connectivity index (χ2n) is 8.20. The van der Waals surface area contributed by atoms with Gasteiger partial charge < -0.3 is 19.3 Å². The molecule has 0 radical (unpaired) electrons. The summed E-state index contributed by atoms with van der Waals surface area (Å²) in [5.74, 6) is -2.90. The molecule has 2 aromatic carbocycles. The van der Waals surface area contributed by atoms with Crippen molar-refractivity contribution in [2.45, 2.75) is 37.7 Å². The average Bonchev–Trinajstić information content (AvgIpc) is 3.03. The summed E-state index contributed by atoms with van der Waals surface area (Å²) < 4.78 is 15.9. The zero-order chi connectivity index (χ0) is 24.8. The second kappa shape index (κ2) is 10.6. The van der Waals surface area contributed by atoms with Gasteiger partial charge in [-0.25, -0.2) is 14.5 Å². The molecule has 2 amide bonds. The van der Waals surface area contributed by atoms with E-state index in [4.69, 9.17) is 14.2 Å². The number of carbonyl (C=O) groups is 3. The highest BCUT2D eigenvalue weighted by atomic mass is 16.6. The predicted molar refractivity (Wildman–Crippen MR) is 123 cm³/mol. The molecule has 2 aromatic rings. The van der Waals surface area contributed by atoms with E-state index in [9.17, 15) is 19.5 Å². The standard InChI is InChI=1S/C26H29NO7/c1-4-26(23(29)32-3)25(2,31)21(15-16-33-17-19-11-7-5-8-12-19)22(28)27(26)24(30)34-18-20-13-9-6-10-14-20/h4-14,21,31H,1,15-18H2,2-3H3/t21-,25-,26-/m0/s1. The van der Waals surface area contributed by atoms with Crippen LogP contribution in [-0.2, 0) is 37.0 Å². The first kappa shape index (κ1) is 25.1. The second-order valence-corrected chi connectivity index (χ2v) is 8.20. The summed E-state index contributed by atoms with van der Waals surface area (Å²) in [5, 5.41) is 11.5. The average molecular weight is 468 g/mol. The third-order valence-electron chi connectivity index (χ3n) is 6.16. The Hall–Kier alpha value is -3.49. The lowest BCUT2D eigenvalue weighted by Gasteiger charge is -2.39. The minimum atomic E-state index is -2.16. The van der Waals surface area contributed by atoms with E-state index in [0.717, 1.165) is 18.7 Å². The topological polar surface area (TPSA) is 102 Å². The van der Waals surface area contributed by atoms with Crippen LogP contribution in [0.5, 0.6) is 0 Å². The van der Waals surface area contributed by atoms with Gasteiger partial charge in [0.1, 0.15) is 12.2 Å². The first-order chi connectivity index (χ1) is 16.3.